The molecule has 1 aliphatic rings. The number of aromatic carboxylic acids is 1. The number of carboxylic acid groups (broad SMARTS) is 2. The number of aliphatic carboxylic acids is 1. The van der Waals surface area contributed by atoms with Crippen molar-refractivity contribution in [1.82, 2.24) is 4.57 Å². The Morgan fingerprint density at radius 2 is 1.88 bits per heavy atom. The first-order valence-corrected chi connectivity index (χ1v) is 5.18. The monoisotopic (exact) mass is 237 g/mol. The summed E-state index contributed by atoms with van der Waals surface area (Å²) in [6.07, 6.45) is 1.28. The van der Waals surface area contributed by atoms with E-state index in [4.69, 9.17) is 10.2 Å². The van der Waals surface area contributed by atoms with Gasteiger partial charge in [-0.1, -0.05) is 0 Å². The summed E-state index contributed by atoms with van der Waals surface area (Å²) >= 11 is 0. The summed E-state index contributed by atoms with van der Waals surface area (Å²) in [5.74, 6) is -3.71. The Bertz CT molecular complexity index is 541. The van der Waals surface area contributed by atoms with Crippen LogP contribution in [0.2, 0.25) is 0 Å². The average molecular weight is 237 g/mol. The van der Waals surface area contributed by atoms with Crippen molar-refractivity contribution >= 4 is 17.7 Å². The average Bonchev–Trinajstić information content (AvgIpc) is 2.74. The van der Waals surface area contributed by atoms with Crippen LogP contribution in [0.1, 0.15) is 38.5 Å². The molecular weight excluding hydrogens is 226 g/mol. The number of Topliss-reactive ketones (excluding diaryl/α,β-unsaturated/α-hetero) is 1. The molecule has 0 atom stereocenters. The van der Waals surface area contributed by atoms with Crippen LogP contribution in [0.5, 0.6) is 0 Å². The zero-order chi connectivity index (χ0) is 12.7. The van der Waals surface area contributed by atoms with Gasteiger partial charge < -0.3 is 14.8 Å². The fourth-order valence-corrected chi connectivity index (χ4v) is 2.40. The van der Waals surface area contributed by atoms with Crippen LogP contribution in [0.4, 0.5) is 0 Å². The zero-order valence-electron chi connectivity index (χ0n) is 9.19. The van der Waals surface area contributed by atoms with Gasteiger partial charge in [0.2, 0.25) is 0 Å². The van der Waals surface area contributed by atoms with Gasteiger partial charge in [0, 0.05) is 12.2 Å². The number of carboxylic acids is 2. The molecule has 0 aliphatic carbocycles. The Kier molecular flexibility index (Phi) is 2.49. The van der Waals surface area contributed by atoms with Gasteiger partial charge in [0.25, 0.3) is 5.78 Å². The summed E-state index contributed by atoms with van der Waals surface area (Å²) in [6, 6.07) is 0. The summed E-state index contributed by atoms with van der Waals surface area (Å²) in [7, 11) is 0. The maximum absolute atomic E-state index is 11.6. The Hall–Kier alpha value is -2.11. The molecule has 0 amide bonds. The van der Waals surface area contributed by atoms with Crippen molar-refractivity contribution in [3.05, 3.63) is 22.5 Å². The van der Waals surface area contributed by atoms with Crippen LogP contribution in [-0.2, 0) is 17.8 Å². The molecule has 17 heavy (non-hydrogen) atoms. The predicted octanol–water partition coefficient (Wildman–Crippen LogP) is 0.708. The lowest BCUT2D eigenvalue weighted by Gasteiger charge is -2.00. The molecule has 1 aliphatic heterocycles. The van der Waals surface area contributed by atoms with Crippen molar-refractivity contribution in [3.63, 3.8) is 0 Å². The molecule has 90 valence electrons. The number of aromatic nitrogens is 1. The number of rotatable bonds is 3. The first-order chi connectivity index (χ1) is 7.95. The van der Waals surface area contributed by atoms with Crippen molar-refractivity contribution in [2.75, 3.05) is 0 Å². The van der Waals surface area contributed by atoms with Gasteiger partial charge in [-0.05, 0) is 25.3 Å². The standard InChI is InChI=1S/C11H11NO5/c1-5-7(9(13)11(16)17)6-3-2-4-12(6)8(5)10(14)15/h2-4H2,1H3,(H,14,15)(H,16,17). The van der Waals surface area contributed by atoms with Crippen LogP contribution < -0.4 is 0 Å². The molecule has 2 N–H and O–H groups in total. The maximum Gasteiger partial charge on any atom is 0.377 e. The molecule has 0 fully saturated rings. The van der Waals surface area contributed by atoms with E-state index >= 15 is 0 Å². The molecule has 2 heterocycles. The van der Waals surface area contributed by atoms with Crippen molar-refractivity contribution in [2.45, 2.75) is 26.3 Å². The first kappa shape index (κ1) is 11.4. The van der Waals surface area contributed by atoms with E-state index in [0.29, 0.717) is 18.7 Å². The smallest absolute Gasteiger partial charge is 0.377 e. The van der Waals surface area contributed by atoms with Crippen molar-refractivity contribution in [1.29, 1.82) is 0 Å². The molecule has 6 nitrogen and oxygen atoms in total. The number of ketones is 1. The van der Waals surface area contributed by atoms with Crippen LogP contribution in [0, 0.1) is 6.92 Å². The Morgan fingerprint density at radius 1 is 1.24 bits per heavy atom. The van der Waals surface area contributed by atoms with Gasteiger partial charge in [-0.25, -0.2) is 9.59 Å². The minimum Gasteiger partial charge on any atom is -0.477 e. The highest BCUT2D eigenvalue weighted by molar-refractivity contribution is 6.40. The Morgan fingerprint density at radius 3 is 2.41 bits per heavy atom. The van der Waals surface area contributed by atoms with Crippen molar-refractivity contribution in [2.24, 2.45) is 0 Å². The summed E-state index contributed by atoms with van der Waals surface area (Å²) in [6.45, 7) is 2.00. The summed E-state index contributed by atoms with van der Waals surface area (Å²) in [5, 5.41) is 17.8. The van der Waals surface area contributed by atoms with Gasteiger partial charge in [-0.3, -0.25) is 4.79 Å². The second-order valence-electron chi connectivity index (χ2n) is 3.99. The summed E-state index contributed by atoms with van der Waals surface area (Å²) in [4.78, 5) is 33.4. The number of carbonyl (C=O) groups is 3. The minimum atomic E-state index is -1.55. The van der Waals surface area contributed by atoms with E-state index in [1.165, 1.54) is 11.5 Å². The van der Waals surface area contributed by atoms with Gasteiger partial charge >= 0.3 is 11.9 Å². The first-order valence-electron chi connectivity index (χ1n) is 5.18. The molecule has 2 rings (SSSR count). The quantitative estimate of drug-likeness (QED) is 0.596. The number of hydrogen-bond donors (Lipinski definition) is 2. The fraction of sp³-hybridized carbons (Fsp3) is 0.364. The highest BCUT2D eigenvalue weighted by atomic mass is 16.4. The third kappa shape index (κ3) is 1.52. The van der Waals surface area contributed by atoms with Gasteiger partial charge in [-0.2, -0.15) is 0 Å². The number of nitrogens with zero attached hydrogens (tertiary/aromatic N) is 1. The second kappa shape index (κ2) is 3.73. The third-order valence-electron chi connectivity index (χ3n) is 3.03. The molecular formula is C11H11NO5. The molecule has 1 aromatic heterocycles. The zero-order valence-corrected chi connectivity index (χ0v) is 9.19. The SMILES string of the molecule is Cc1c(C(=O)C(=O)O)c2n(c1C(=O)O)CCC2. The van der Waals surface area contributed by atoms with Gasteiger partial charge in [-0.15, -0.1) is 0 Å². The molecule has 1 aromatic rings. The van der Waals surface area contributed by atoms with E-state index in [-0.39, 0.29) is 16.8 Å². The molecule has 0 radical (unpaired) electrons. The minimum absolute atomic E-state index is 0.0297. The van der Waals surface area contributed by atoms with E-state index in [1.807, 2.05) is 0 Å². The van der Waals surface area contributed by atoms with Crippen LogP contribution in [0.25, 0.3) is 0 Å². The summed E-state index contributed by atoms with van der Waals surface area (Å²) < 4.78 is 1.54. The highest BCUT2D eigenvalue weighted by Crippen LogP contribution is 2.29. The molecule has 0 aromatic carbocycles. The molecule has 0 saturated carbocycles. The van der Waals surface area contributed by atoms with Crippen LogP contribution in [0.15, 0.2) is 0 Å². The lowest BCUT2D eigenvalue weighted by Crippen LogP contribution is -2.15. The van der Waals surface area contributed by atoms with E-state index in [2.05, 4.69) is 0 Å². The molecule has 6 heteroatoms. The van der Waals surface area contributed by atoms with E-state index in [9.17, 15) is 14.4 Å². The largest absolute Gasteiger partial charge is 0.477 e. The van der Waals surface area contributed by atoms with E-state index in [1.54, 1.807) is 0 Å². The van der Waals surface area contributed by atoms with E-state index < -0.39 is 17.7 Å². The molecule has 0 unspecified atom stereocenters. The van der Waals surface area contributed by atoms with Crippen molar-refractivity contribution < 1.29 is 24.6 Å². The van der Waals surface area contributed by atoms with Crippen molar-refractivity contribution in [3.8, 4) is 0 Å². The predicted molar refractivity (Wildman–Crippen MR) is 56.4 cm³/mol. The lowest BCUT2D eigenvalue weighted by molar-refractivity contribution is -0.131. The Balaban J connectivity index is 2.69. The molecule has 0 bridgehead atoms. The number of carbonyl (C=O) groups excluding carboxylic acids is 1. The van der Waals surface area contributed by atoms with Gasteiger partial charge in [0.1, 0.15) is 5.69 Å². The normalized spacial score (nSPS) is 13.5. The number of fused-ring (bicyclic) bond motifs is 1. The topological polar surface area (TPSA) is 96.6 Å². The van der Waals surface area contributed by atoms with Crippen LogP contribution in [0.3, 0.4) is 0 Å². The summed E-state index contributed by atoms with van der Waals surface area (Å²) in [5.41, 5.74) is 0.862. The van der Waals surface area contributed by atoms with Crippen LogP contribution >= 0.6 is 0 Å². The number of hydrogen-bond acceptors (Lipinski definition) is 3. The van der Waals surface area contributed by atoms with Crippen LogP contribution in [-0.4, -0.2) is 32.5 Å². The molecule has 0 spiro atoms. The maximum atomic E-state index is 11.6. The van der Waals surface area contributed by atoms with Gasteiger partial charge in [0.15, 0.2) is 0 Å². The second-order valence-corrected chi connectivity index (χ2v) is 3.99. The Labute approximate surface area is 96.5 Å². The molecule has 0 saturated heterocycles. The van der Waals surface area contributed by atoms with Gasteiger partial charge in [0.05, 0.1) is 5.56 Å². The highest BCUT2D eigenvalue weighted by Gasteiger charge is 2.32. The lowest BCUT2D eigenvalue weighted by atomic mass is 10.0. The fourth-order valence-electron chi connectivity index (χ4n) is 2.40. The third-order valence-corrected chi connectivity index (χ3v) is 3.03. The van der Waals surface area contributed by atoms with E-state index in [0.717, 1.165) is 6.42 Å².